The molecule has 6 heteroatoms. The van der Waals surface area contributed by atoms with E-state index in [9.17, 15) is 4.79 Å². The minimum Gasteiger partial charge on any atom is -0.478 e. The Labute approximate surface area is 157 Å². The Hall–Kier alpha value is -1.66. The van der Waals surface area contributed by atoms with Gasteiger partial charge in [-0.2, -0.15) is 0 Å². The van der Waals surface area contributed by atoms with Crippen molar-refractivity contribution in [2.75, 3.05) is 18.1 Å². The fourth-order valence-corrected chi connectivity index (χ4v) is 5.47. The van der Waals surface area contributed by atoms with Crippen LogP contribution >= 0.6 is 23.5 Å². The van der Waals surface area contributed by atoms with Gasteiger partial charge in [0.2, 0.25) is 5.88 Å². The number of nitrogens with one attached hydrogen (secondary N) is 1. The van der Waals surface area contributed by atoms with Crippen LogP contribution in [-0.2, 0) is 6.54 Å². The zero-order chi connectivity index (χ0) is 17.5. The summed E-state index contributed by atoms with van der Waals surface area (Å²) in [6.07, 6.45) is 2.97. The van der Waals surface area contributed by atoms with E-state index in [0.717, 1.165) is 5.56 Å². The third-order valence-electron chi connectivity index (χ3n) is 3.84. The number of carbonyl (C=O) groups excluding carboxylic acids is 1. The van der Waals surface area contributed by atoms with Crippen LogP contribution in [0.4, 0.5) is 0 Å². The Morgan fingerprint density at radius 1 is 1.24 bits per heavy atom. The average molecular weight is 375 g/mol. The zero-order valence-corrected chi connectivity index (χ0v) is 15.9. The molecule has 1 aliphatic rings. The Balaban J connectivity index is 1.60. The van der Waals surface area contributed by atoms with Crippen molar-refractivity contribution in [2.24, 2.45) is 0 Å². The van der Waals surface area contributed by atoms with E-state index in [1.807, 2.05) is 54.7 Å². The summed E-state index contributed by atoms with van der Waals surface area (Å²) in [4.78, 5) is 16.6. The van der Waals surface area contributed by atoms with Crippen molar-refractivity contribution in [3.05, 3.63) is 59.3 Å². The number of hydrogen-bond donors (Lipinski definition) is 1. The van der Waals surface area contributed by atoms with Crippen molar-refractivity contribution >= 4 is 29.4 Å². The highest BCUT2D eigenvalue weighted by atomic mass is 32.2. The van der Waals surface area contributed by atoms with Crippen LogP contribution in [0.5, 0.6) is 5.88 Å². The number of benzene rings is 1. The lowest BCUT2D eigenvalue weighted by Crippen LogP contribution is -2.23. The lowest BCUT2D eigenvalue weighted by Gasteiger charge is -2.21. The monoisotopic (exact) mass is 374 g/mol. The molecule has 4 nitrogen and oxygen atoms in total. The van der Waals surface area contributed by atoms with E-state index in [0.29, 0.717) is 29.2 Å². The van der Waals surface area contributed by atoms with Gasteiger partial charge < -0.3 is 10.1 Å². The Morgan fingerprint density at radius 3 is 2.72 bits per heavy atom. The van der Waals surface area contributed by atoms with E-state index in [-0.39, 0.29) is 5.91 Å². The van der Waals surface area contributed by atoms with E-state index in [1.165, 1.54) is 23.5 Å². The standard InChI is InChI=1S/C19H22N2O2S2/c1-2-23-18-16(5-3-10-20-18)13-21-17(22)14-6-8-15(9-7-14)19-24-11-4-12-25-19/h3,5-10,19H,2,4,11-13H2,1H3,(H,21,22). The van der Waals surface area contributed by atoms with Crippen molar-refractivity contribution in [3.63, 3.8) is 0 Å². The van der Waals surface area contributed by atoms with Gasteiger partial charge in [0.25, 0.3) is 5.91 Å². The van der Waals surface area contributed by atoms with Gasteiger partial charge in [-0.05, 0) is 48.6 Å². The first-order chi connectivity index (χ1) is 12.3. The molecule has 1 N–H and O–H groups in total. The molecule has 0 aliphatic carbocycles. The highest BCUT2D eigenvalue weighted by Crippen LogP contribution is 2.43. The van der Waals surface area contributed by atoms with E-state index in [1.54, 1.807) is 6.20 Å². The molecule has 1 aromatic carbocycles. The largest absolute Gasteiger partial charge is 0.478 e. The molecule has 0 unspecified atom stereocenters. The summed E-state index contributed by atoms with van der Waals surface area (Å²) >= 11 is 3.97. The molecule has 1 amide bonds. The summed E-state index contributed by atoms with van der Waals surface area (Å²) < 4.78 is 5.99. The molecule has 25 heavy (non-hydrogen) atoms. The second-order valence-corrected chi connectivity index (χ2v) is 8.36. The molecule has 0 spiro atoms. The van der Waals surface area contributed by atoms with Crippen molar-refractivity contribution in [2.45, 2.75) is 24.5 Å². The molecule has 0 bridgehead atoms. The predicted molar refractivity (Wildman–Crippen MR) is 105 cm³/mol. The quantitative estimate of drug-likeness (QED) is 0.818. The van der Waals surface area contributed by atoms with Gasteiger partial charge in [0.1, 0.15) is 0 Å². The highest BCUT2D eigenvalue weighted by molar-refractivity contribution is 8.16. The second-order valence-electron chi connectivity index (χ2n) is 5.63. The maximum atomic E-state index is 12.4. The number of amides is 1. The maximum absolute atomic E-state index is 12.4. The van der Waals surface area contributed by atoms with Crippen molar-refractivity contribution in [1.82, 2.24) is 10.3 Å². The fraction of sp³-hybridized carbons (Fsp3) is 0.368. The van der Waals surface area contributed by atoms with Gasteiger partial charge in [-0.1, -0.05) is 18.2 Å². The molecule has 1 fully saturated rings. The molecule has 0 radical (unpaired) electrons. The molecular weight excluding hydrogens is 352 g/mol. The lowest BCUT2D eigenvalue weighted by molar-refractivity contribution is 0.0950. The minimum atomic E-state index is -0.0817. The third kappa shape index (κ3) is 4.92. The van der Waals surface area contributed by atoms with Gasteiger partial charge in [-0.25, -0.2) is 4.98 Å². The minimum absolute atomic E-state index is 0.0817. The van der Waals surface area contributed by atoms with Crippen LogP contribution in [0, 0.1) is 0 Å². The Morgan fingerprint density at radius 2 is 2.00 bits per heavy atom. The van der Waals surface area contributed by atoms with Gasteiger partial charge in [0, 0.05) is 23.9 Å². The molecule has 132 valence electrons. The SMILES string of the molecule is CCOc1ncccc1CNC(=O)c1ccc(C2SCCCS2)cc1. The molecular formula is C19H22N2O2S2. The van der Waals surface area contributed by atoms with Crippen LogP contribution in [-0.4, -0.2) is 29.0 Å². The smallest absolute Gasteiger partial charge is 0.251 e. The summed E-state index contributed by atoms with van der Waals surface area (Å²) in [5.74, 6) is 2.93. The number of aromatic nitrogens is 1. The van der Waals surface area contributed by atoms with Gasteiger partial charge in [0.05, 0.1) is 11.2 Å². The predicted octanol–water partition coefficient (Wildman–Crippen LogP) is 4.28. The summed E-state index contributed by atoms with van der Waals surface area (Å²) in [5.41, 5.74) is 2.85. The number of nitrogens with zero attached hydrogens (tertiary/aromatic N) is 1. The summed E-state index contributed by atoms with van der Waals surface area (Å²) in [6, 6.07) is 11.7. The lowest BCUT2D eigenvalue weighted by atomic mass is 10.1. The highest BCUT2D eigenvalue weighted by Gasteiger charge is 2.17. The average Bonchev–Trinajstić information content (AvgIpc) is 2.68. The van der Waals surface area contributed by atoms with E-state index >= 15 is 0 Å². The van der Waals surface area contributed by atoms with Crippen molar-refractivity contribution in [1.29, 1.82) is 0 Å². The second kappa shape index (κ2) is 9.15. The summed E-state index contributed by atoms with van der Waals surface area (Å²) in [5, 5.41) is 2.94. The molecule has 2 heterocycles. The fourth-order valence-electron chi connectivity index (χ4n) is 2.57. The third-order valence-corrected chi connectivity index (χ3v) is 6.86. The normalized spacial score (nSPS) is 14.9. The number of carbonyl (C=O) groups is 1. The maximum Gasteiger partial charge on any atom is 0.251 e. The van der Waals surface area contributed by atoms with Crippen LogP contribution in [0.3, 0.4) is 0 Å². The first-order valence-electron chi connectivity index (χ1n) is 8.46. The van der Waals surface area contributed by atoms with E-state index < -0.39 is 0 Å². The number of thioether (sulfide) groups is 2. The van der Waals surface area contributed by atoms with Gasteiger partial charge >= 0.3 is 0 Å². The molecule has 1 aliphatic heterocycles. The Bertz CT molecular complexity index is 701. The molecule has 3 rings (SSSR count). The van der Waals surface area contributed by atoms with Gasteiger partial charge in [-0.3, -0.25) is 4.79 Å². The van der Waals surface area contributed by atoms with E-state index in [2.05, 4.69) is 22.4 Å². The van der Waals surface area contributed by atoms with Crippen molar-refractivity contribution < 1.29 is 9.53 Å². The van der Waals surface area contributed by atoms with Crippen LogP contribution in [0.25, 0.3) is 0 Å². The molecule has 0 atom stereocenters. The first-order valence-corrected chi connectivity index (χ1v) is 10.6. The Kier molecular flexibility index (Phi) is 6.64. The number of pyridine rings is 1. The van der Waals surface area contributed by atoms with Crippen molar-refractivity contribution in [3.8, 4) is 5.88 Å². The molecule has 1 saturated heterocycles. The van der Waals surface area contributed by atoms with Crippen LogP contribution in [0.15, 0.2) is 42.6 Å². The van der Waals surface area contributed by atoms with Crippen LogP contribution in [0.2, 0.25) is 0 Å². The van der Waals surface area contributed by atoms with Crippen LogP contribution < -0.4 is 10.1 Å². The first kappa shape index (κ1) is 18.1. The van der Waals surface area contributed by atoms with E-state index in [4.69, 9.17) is 4.74 Å². The summed E-state index contributed by atoms with van der Waals surface area (Å²) in [7, 11) is 0. The van der Waals surface area contributed by atoms with Gasteiger partial charge in [-0.15, -0.1) is 23.5 Å². The molecule has 1 aromatic heterocycles. The zero-order valence-electron chi connectivity index (χ0n) is 14.2. The molecule has 2 aromatic rings. The number of hydrogen-bond acceptors (Lipinski definition) is 5. The topological polar surface area (TPSA) is 51.2 Å². The number of ether oxygens (including phenoxy) is 1. The van der Waals surface area contributed by atoms with Gasteiger partial charge in [0.15, 0.2) is 0 Å². The number of rotatable bonds is 6. The van der Waals surface area contributed by atoms with Crippen LogP contribution in [0.1, 0.15) is 39.4 Å². The molecule has 0 saturated carbocycles. The summed E-state index contributed by atoms with van der Waals surface area (Å²) in [6.45, 7) is 2.87.